The highest BCUT2D eigenvalue weighted by Crippen LogP contribution is 2.46. The largest absolute Gasteiger partial charge is 0.417 e. The molecule has 4 nitrogen and oxygen atoms in total. The predicted molar refractivity (Wildman–Crippen MR) is 134 cm³/mol. The summed E-state index contributed by atoms with van der Waals surface area (Å²) in [6.45, 7) is 0.845. The third-order valence-electron chi connectivity index (χ3n) is 6.35. The number of nitrogens with two attached hydrogens (primary N) is 1. The van der Waals surface area contributed by atoms with Crippen LogP contribution in [0.4, 0.5) is 39.5 Å². The summed E-state index contributed by atoms with van der Waals surface area (Å²) in [5.41, 5.74) is -1.05. The Balaban J connectivity index is 2.23. The number of carbonyl (C=O) groups is 2. The molecule has 1 aliphatic carbocycles. The number of alkyl halides is 8. The molecular formula is C25H18Cl3F9N2O2. The second kappa shape index (κ2) is 11.6. The maximum absolute atomic E-state index is 15.7. The molecule has 0 saturated heterocycles. The first-order chi connectivity index (χ1) is 18.6. The number of benzene rings is 2. The molecular weight excluding hydrogens is 638 g/mol. The Morgan fingerprint density at radius 3 is 1.98 bits per heavy atom. The van der Waals surface area contributed by atoms with Gasteiger partial charge in [-0.05, 0) is 42.3 Å². The lowest BCUT2D eigenvalue weighted by Gasteiger charge is -2.36. The van der Waals surface area contributed by atoms with Crippen molar-refractivity contribution in [3.05, 3.63) is 73.2 Å². The lowest BCUT2D eigenvalue weighted by molar-refractivity contribution is -0.140. The van der Waals surface area contributed by atoms with Crippen LogP contribution in [-0.2, 0) is 11.0 Å². The van der Waals surface area contributed by atoms with Gasteiger partial charge in [0.05, 0.1) is 32.1 Å². The first-order valence-corrected chi connectivity index (χ1v) is 12.6. The van der Waals surface area contributed by atoms with Crippen LogP contribution < -0.4 is 11.1 Å². The predicted octanol–water partition coefficient (Wildman–Crippen LogP) is 8.44. The maximum Gasteiger partial charge on any atom is 0.417 e. The monoisotopic (exact) mass is 654 g/mol. The second-order valence-corrected chi connectivity index (χ2v) is 10.5. The van der Waals surface area contributed by atoms with E-state index in [1.165, 1.54) is 0 Å². The fourth-order valence-corrected chi connectivity index (χ4v) is 4.99. The third-order valence-corrected chi connectivity index (χ3v) is 7.54. The van der Waals surface area contributed by atoms with Crippen molar-refractivity contribution in [3.63, 3.8) is 0 Å². The normalized spacial score (nSPS) is 17.5. The minimum absolute atomic E-state index is 0.0596. The van der Waals surface area contributed by atoms with Crippen LogP contribution in [0.2, 0.25) is 15.1 Å². The van der Waals surface area contributed by atoms with Crippen molar-refractivity contribution in [3.8, 4) is 0 Å². The number of rotatable bonds is 7. The summed E-state index contributed by atoms with van der Waals surface area (Å²) < 4.78 is 127. The first kappa shape index (κ1) is 32.9. The van der Waals surface area contributed by atoms with Crippen molar-refractivity contribution < 1.29 is 49.1 Å². The average molecular weight is 656 g/mol. The van der Waals surface area contributed by atoms with Crippen molar-refractivity contribution >= 4 is 52.4 Å². The van der Waals surface area contributed by atoms with E-state index in [1.807, 2.05) is 0 Å². The van der Waals surface area contributed by atoms with Crippen LogP contribution >= 0.6 is 34.8 Å². The van der Waals surface area contributed by atoms with Crippen molar-refractivity contribution in [2.24, 2.45) is 5.73 Å². The van der Waals surface area contributed by atoms with Crippen LogP contribution in [0.25, 0.3) is 5.83 Å². The topological polar surface area (TPSA) is 72.2 Å². The highest BCUT2D eigenvalue weighted by Gasteiger charge is 2.47. The number of allylic oxidation sites excluding steroid dienone is 1. The molecule has 41 heavy (non-hydrogen) atoms. The molecule has 2 amide bonds. The van der Waals surface area contributed by atoms with Crippen LogP contribution in [0.15, 0.2) is 30.3 Å². The molecule has 0 bridgehead atoms. The molecule has 0 aromatic heterocycles. The van der Waals surface area contributed by atoms with Gasteiger partial charge >= 0.3 is 12.4 Å². The minimum Gasteiger partial charge on any atom is -0.366 e. The third kappa shape index (κ3) is 7.23. The standard InChI is InChI=1S/C25H18Cl3F9N2O2/c1-9(22(41)39-11-7-23(30,31)8-11)18-12(2-3-13(21(38)40)19(18)25(35,36)37)17(29)6-14(24(32,33)34)10-4-15(26)20(28)16(27)5-10/h2-6,9,11,14H,7-8H2,1H3,(H2,38,40)(H,39,41)/b17-6-/t9-,14?/m1/s1. The van der Waals surface area contributed by atoms with E-state index < -0.39 is 104 Å². The van der Waals surface area contributed by atoms with Crippen LogP contribution in [-0.4, -0.2) is 30.0 Å². The number of hydrogen-bond donors (Lipinski definition) is 2. The number of amides is 2. The van der Waals surface area contributed by atoms with Gasteiger partial charge in [-0.15, -0.1) is 0 Å². The van der Waals surface area contributed by atoms with Crippen LogP contribution in [0.5, 0.6) is 0 Å². The maximum atomic E-state index is 15.7. The van der Waals surface area contributed by atoms with Gasteiger partial charge in [0.2, 0.25) is 11.8 Å². The number of nitrogens with one attached hydrogen (secondary N) is 1. The Morgan fingerprint density at radius 1 is 1.02 bits per heavy atom. The summed E-state index contributed by atoms with van der Waals surface area (Å²) in [6.07, 6.45) is -12.3. The molecule has 2 aromatic carbocycles. The lowest BCUT2D eigenvalue weighted by Crippen LogP contribution is -2.51. The zero-order valence-corrected chi connectivity index (χ0v) is 22.7. The fourth-order valence-electron chi connectivity index (χ4n) is 4.38. The molecule has 0 heterocycles. The second-order valence-electron chi connectivity index (χ2n) is 9.34. The lowest BCUT2D eigenvalue weighted by atomic mass is 9.84. The molecule has 2 aromatic rings. The fraction of sp³-hybridized carbons (Fsp3) is 0.360. The van der Waals surface area contributed by atoms with Gasteiger partial charge in [-0.1, -0.05) is 40.9 Å². The van der Waals surface area contributed by atoms with Gasteiger partial charge in [0.25, 0.3) is 5.92 Å². The molecule has 0 spiro atoms. The van der Waals surface area contributed by atoms with Crippen molar-refractivity contribution in [2.75, 3.05) is 0 Å². The summed E-state index contributed by atoms with van der Waals surface area (Å²) in [5.74, 6) is -12.7. The van der Waals surface area contributed by atoms with Gasteiger partial charge in [-0.3, -0.25) is 9.59 Å². The summed E-state index contributed by atoms with van der Waals surface area (Å²) >= 11 is 17.4. The molecule has 1 fully saturated rings. The Hall–Kier alpha value is -2.64. The molecule has 3 rings (SSSR count). The summed E-state index contributed by atoms with van der Waals surface area (Å²) in [7, 11) is 0. The number of hydrogen-bond acceptors (Lipinski definition) is 2. The van der Waals surface area contributed by atoms with Gasteiger partial charge in [-0.25, -0.2) is 13.2 Å². The molecule has 3 N–H and O–H groups in total. The Labute approximate surface area is 241 Å². The van der Waals surface area contributed by atoms with Gasteiger partial charge in [-0.2, -0.15) is 26.3 Å². The molecule has 2 atom stereocenters. The zero-order valence-electron chi connectivity index (χ0n) is 20.5. The van der Waals surface area contributed by atoms with Gasteiger partial charge < -0.3 is 11.1 Å². The minimum atomic E-state index is -5.45. The summed E-state index contributed by atoms with van der Waals surface area (Å²) in [6, 6.07) is 1.37. The zero-order chi connectivity index (χ0) is 31.2. The van der Waals surface area contributed by atoms with Crippen molar-refractivity contribution in [2.45, 2.75) is 55.9 Å². The van der Waals surface area contributed by atoms with E-state index in [4.69, 9.17) is 40.5 Å². The highest BCUT2D eigenvalue weighted by molar-refractivity contribution is 6.48. The number of halogens is 12. The Bertz CT molecular complexity index is 1380. The van der Waals surface area contributed by atoms with Crippen LogP contribution in [0.1, 0.15) is 64.2 Å². The van der Waals surface area contributed by atoms with Gasteiger partial charge in [0.15, 0.2) is 0 Å². The van der Waals surface area contributed by atoms with Gasteiger partial charge in [0, 0.05) is 24.4 Å². The molecule has 224 valence electrons. The Kier molecular flexibility index (Phi) is 9.27. The summed E-state index contributed by atoms with van der Waals surface area (Å²) in [4.78, 5) is 24.6. The molecule has 1 unspecified atom stereocenters. The SMILES string of the molecule is C[C@@H](C(=O)NC1CC(F)(F)C1)c1c(/C(F)=C/C(c2cc(Cl)c(Cl)c(Cl)c2)C(F)(F)F)ccc(C(N)=O)c1C(F)(F)F. The van der Waals surface area contributed by atoms with E-state index in [9.17, 15) is 44.7 Å². The number of carbonyl (C=O) groups excluding carboxylic acids is 2. The Morgan fingerprint density at radius 2 is 1.54 bits per heavy atom. The number of primary amides is 1. The van der Waals surface area contributed by atoms with Gasteiger partial charge in [0.1, 0.15) is 11.7 Å². The molecule has 0 radical (unpaired) electrons. The van der Waals surface area contributed by atoms with E-state index in [1.54, 1.807) is 0 Å². The first-order valence-electron chi connectivity index (χ1n) is 11.4. The van der Waals surface area contributed by atoms with Crippen LogP contribution in [0, 0.1) is 0 Å². The average Bonchev–Trinajstić information content (AvgIpc) is 2.81. The van der Waals surface area contributed by atoms with E-state index in [0.29, 0.717) is 12.1 Å². The molecule has 1 saturated carbocycles. The summed E-state index contributed by atoms with van der Waals surface area (Å²) in [5, 5.41) is 0.963. The van der Waals surface area contributed by atoms with E-state index in [0.717, 1.165) is 19.1 Å². The molecule has 0 aliphatic heterocycles. The quantitative estimate of drug-likeness (QED) is 0.232. The van der Waals surface area contributed by atoms with E-state index in [2.05, 4.69) is 5.32 Å². The molecule has 16 heteroatoms. The molecule has 1 aliphatic rings. The van der Waals surface area contributed by atoms with E-state index in [-0.39, 0.29) is 11.1 Å². The van der Waals surface area contributed by atoms with Crippen molar-refractivity contribution in [1.29, 1.82) is 0 Å². The van der Waals surface area contributed by atoms with Crippen molar-refractivity contribution in [1.82, 2.24) is 5.32 Å². The highest BCUT2D eigenvalue weighted by atomic mass is 35.5. The smallest absolute Gasteiger partial charge is 0.366 e. The van der Waals surface area contributed by atoms with Crippen LogP contribution in [0.3, 0.4) is 0 Å². The van der Waals surface area contributed by atoms with E-state index >= 15 is 4.39 Å².